The van der Waals surface area contributed by atoms with Crippen molar-refractivity contribution in [1.29, 1.82) is 0 Å². The Morgan fingerprint density at radius 3 is 1.51 bits per heavy atom. The zero-order chi connectivity index (χ0) is 41.7. The lowest BCUT2D eigenvalue weighted by Crippen LogP contribution is -2.13. The maximum absolute atomic E-state index is 2.52. The molecule has 0 aliphatic heterocycles. The van der Waals surface area contributed by atoms with Gasteiger partial charge in [0, 0.05) is 53.3 Å². The first-order valence-corrected chi connectivity index (χ1v) is 22.3. The van der Waals surface area contributed by atoms with E-state index in [0.717, 1.165) is 33.8 Å². The molecule has 0 bridgehead atoms. The molecule has 12 aromatic rings. The molecule has 296 valence electrons. The first-order valence-electron chi connectivity index (χ1n) is 21.5. The second-order valence-electron chi connectivity index (χ2n) is 16.0. The Hall–Kier alpha value is -7.98. The number of fused-ring (bicyclic) bond motifs is 6. The van der Waals surface area contributed by atoms with E-state index in [1.54, 1.807) is 0 Å². The highest BCUT2D eigenvalue weighted by atomic mass is 32.1. The van der Waals surface area contributed by atoms with Crippen molar-refractivity contribution >= 4 is 70.4 Å². The highest BCUT2D eigenvalue weighted by Crippen LogP contribution is 2.50. The Kier molecular flexibility index (Phi) is 9.06. The van der Waals surface area contributed by atoms with Crippen LogP contribution < -0.4 is 4.90 Å². The van der Waals surface area contributed by atoms with Crippen LogP contribution in [0.25, 0.3) is 92.2 Å². The SMILES string of the molecule is c1ccc(-c2ccccc2-c2ccc(-n3c4ccccc4c4c(N(c5ccccc5-c5ccccc5)c5ccccc5-c5cccc6c5sc5ccccc56)cccc43)cc2)cc1. The summed E-state index contributed by atoms with van der Waals surface area (Å²) in [4.78, 5) is 2.52. The van der Waals surface area contributed by atoms with Gasteiger partial charge in [0.15, 0.2) is 0 Å². The van der Waals surface area contributed by atoms with E-state index in [2.05, 4.69) is 252 Å². The van der Waals surface area contributed by atoms with Gasteiger partial charge in [-0.3, -0.25) is 0 Å². The fraction of sp³-hybridized carbons (Fsp3) is 0. The number of anilines is 3. The van der Waals surface area contributed by atoms with E-state index in [-0.39, 0.29) is 0 Å². The standard InChI is InChI=1S/C60H40N2S/c1-3-19-41(20-4-1)45-23-7-8-24-46(45)43-37-39-44(40-38-43)61-55-33-15-11-28-52(55)59-56(61)34-18-35-57(59)62(53-31-13-9-25-47(53)42-21-5-2-6-22-42)54-32-14-10-26-48(54)50-29-17-30-51-49-27-12-16-36-58(49)63-60(50)51/h1-40H. The summed E-state index contributed by atoms with van der Waals surface area (Å²) in [6, 6.07) is 88.3. The highest BCUT2D eigenvalue weighted by Gasteiger charge is 2.26. The summed E-state index contributed by atoms with van der Waals surface area (Å²) in [7, 11) is 0. The van der Waals surface area contributed by atoms with Crippen molar-refractivity contribution in [3.8, 4) is 50.2 Å². The molecule has 2 nitrogen and oxygen atoms in total. The van der Waals surface area contributed by atoms with Crippen LogP contribution in [0.3, 0.4) is 0 Å². The Balaban J connectivity index is 1.09. The van der Waals surface area contributed by atoms with E-state index in [4.69, 9.17) is 0 Å². The highest BCUT2D eigenvalue weighted by molar-refractivity contribution is 7.26. The smallest absolute Gasteiger partial charge is 0.0562 e. The zero-order valence-electron chi connectivity index (χ0n) is 34.4. The van der Waals surface area contributed by atoms with Gasteiger partial charge < -0.3 is 9.47 Å². The number of para-hydroxylation sites is 3. The number of nitrogens with zero attached hydrogens (tertiary/aromatic N) is 2. The number of benzene rings is 10. The second kappa shape index (κ2) is 15.5. The Labute approximate surface area is 370 Å². The van der Waals surface area contributed by atoms with Crippen molar-refractivity contribution in [2.24, 2.45) is 0 Å². The van der Waals surface area contributed by atoms with Gasteiger partial charge in [0.1, 0.15) is 0 Å². The van der Waals surface area contributed by atoms with Gasteiger partial charge in [-0.15, -0.1) is 11.3 Å². The van der Waals surface area contributed by atoms with Crippen LogP contribution in [0.1, 0.15) is 0 Å². The summed E-state index contributed by atoms with van der Waals surface area (Å²) in [5, 5.41) is 4.99. The van der Waals surface area contributed by atoms with Gasteiger partial charge in [0.2, 0.25) is 0 Å². The summed E-state index contributed by atoms with van der Waals surface area (Å²) >= 11 is 1.88. The molecule has 12 rings (SSSR count). The predicted octanol–water partition coefficient (Wildman–Crippen LogP) is 17.3. The molecular weight excluding hydrogens is 781 g/mol. The summed E-state index contributed by atoms with van der Waals surface area (Å²) in [5.41, 5.74) is 16.4. The van der Waals surface area contributed by atoms with Crippen LogP contribution in [-0.2, 0) is 0 Å². The maximum Gasteiger partial charge on any atom is 0.0562 e. The fourth-order valence-electron chi connectivity index (χ4n) is 9.63. The van der Waals surface area contributed by atoms with Gasteiger partial charge in [-0.2, -0.15) is 0 Å². The summed E-state index contributed by atoms with van der Waals surface area (Å²) in [6.07, 6.45) is 0. The number of hydrogen-bond acceptors (Lipinski definition) is 2. The van der Waals surface area contributed by atoms with Gasteiger partial charge in [0.25, 0.3) is 0 Å². The van der Waals surface area contributed by atoms with Crippen LogP contribution in [-0.4, -0.2) is 4.57 Å². The minimum absolute atomic E-state index is 1.12. The quantitative estimate of drug-likeness (QED) is 0.148. The van der Waals surface area contributed by atoms with Crippen molar-refractivity contribution in [1.82, 2.24) is 4.57 Å². The van der Waals surface area contributed by atoms with Crippen molar-refractivity contribution < 1.29 is 0 Å². The molecule has 2 heterocycles. The number of rotatable bonds is 8. The number of aromatic nitrogens is 1. The molecule has 63 heavy (non-hydrogen) atoms. The third-order valence-corrected chi connectivity index (χ3v) is 13.7. The monoisotopic (exact) mass is 820 g/mol. The van der Waals surface area contributed by atoms with Crippen LogP contribution >= 0.6 is 11.3 Å². The van der Waals surface area contributed by atoms with E-state index in [9.17, 15) is 0 Å². The average Bonchev–Trinajstić information content (AvgIpc) is 3.92. The van der Waals surface area contributed by atoms with Crippen LogP contribution in [0.15, 0.2) is 243 Å². The molecular formula is C60H40N2S. The third kappa shape index (κ3) is 6.24. The molecule has 0 saturated heterocycles. The molecule has 0 aliphatic carbocycles. The fourth-order valence-corrected chi connectivity index (χ4v) is 10.9. The lowest BCUT2D eigenvalue weighted by molar-refractivity contribution is 1.18. The Morgan fingerprint density at radius 1 is 0.302 bits per heavy atom. The van der Waals surface area contributed by atoms with E-state index in [1.165, 1.54) is 75.5 Å². The largest absolute Gasteiger partial charge is 0.309 e. The molecule has 3 heteroatoms. The minimum atomic E-state index is 1.12. The predicted molar refractivity (Wildman–Crippen MR) is 270 cm³/mol. The molecule has 0 radical (unpaired) electrons. The lowest BCUT2D eigenvalue weighted by atomic mass is 9.94. The minimum Gasteiger partial charge on any atom is -0.309 e. The molecule has 0 amide bonds. The molecule has 0 atom stereocenters. The maximum atomic E-state index is 2.52. The first kappa shape index (κ1) is 36.8. The lowest BCUT2D eigenvalue weighted by Gasteiger charge is -2.30. The summed E-state index contributed by atoms with van der Waals surface area (Å²) in [6.45, 7) is 0. The van der Waals surface area contributed by atoms with Crippen molar-refractivity contribution in [2.75, 3.05) is 4.90 Å². The van der Waals surface area contributed by atoms with Gasteiger partial charge in [-0.05, 0) is 76.3 Å². The molecule has 2 aromatic heterocycles. The zero-order valence-corrected chi connectivity index (χ0v) is 35.2. The summed E-state index contributed by atoms with van der Waals surface area (Å²) in [5.74, 6) is 0. The second-order valence-corrected chi connectivity index (χ2v) is 17.1. The normalized spacial score (nSPS) is 11.5. The van der Waals surface area contributed by atoms with Crippen LogP contribution in [0.5, 0.6) is 0 Å². The molecule has 0 N–H and O–H groups in total. The van der Waals surface area contributed by atoms with Gasteiger partial charge >= 0.3 is 0 Å². The van der Waals surface area contributed by atoms with Gasteiger partial charge in [-0.1, -0.05) is 194 Å². The Bertz CT molecular complexity index is 3620. The molecule has 0 saturated carbocycles. The topological polar surface area (TPSA) is 8.17 Å². The van der Waals surface area contributed by atoms with E-state index in [0.29, 0.717) is 0 Å². The molecule has 0 unspecified atom stereocenters. The van der Waals surface area contributed by atoms with Crippen LogP contribution in [0, 0.1) is 0 Å². The van der Waals surface area contributed by atoms with Crippen molar-refractivity contribution in [2.45, 2.75) is 0 Å². The third-order valence-electron chi connectivity index (χ3n) is 12.4. The molecule has 0 fully saturated rings. The van der Waals surface area contributed by atoms with Gasteiger partial charge in [0.05, 0.1) is 28.1 Å². The van der Waals surface area contributed by atoms with Crippen molar-refractivity contribution in [3.05, 3.63) is 243 Å². The molecule has 10 aromatic carbocycles. The van der Waals surface area contributed by atoms with Crippen molar-refractivity contribution in [3.63, 3.8) is 0 Å². The average molecular weight is 821 g/mol. The Morgan fingerprint density at radius 2 is 0.778 bits per heavy atom. The van der Waals surface area contributed by atoms with Crippen LogP contribution in [0.2, 0.25) is 0 Å². The molecule has 0 spiro atoms. The van der Waals surface area contributed by atoms with Crippen LogP contribution in [0.4, 0.5) is 17.1 Å². The summed E-state index contributed by atoms with van der Waals surface area (Å²) < 4.78 is 5.04. The number of hydrogen-bond donors (Lipinski definition) is 0. The van der Waals surface area contributed by atoms with Gasteiger partial charge in [-0.25, -0.2) is 0 Å². The van der Waals surface area contributed by atoms with E-state index >= 15 is 0 Å². The number of thiophene rings is 1. The van der Waals surface area contributed by atoms with E-state index < -0.39 is 0 Å². The van der Waals surface area contributed by atoms with E-state index in [1.807, 2.05) is 11.3 Å². The molecule has 0 aliphatic rings. The first-order chi connectivity index (χ1) is 31.3.